The molecule has 0 aliphatic carbocycles. The smallest absolute Gasteiger partial charge is 0.326 e. The quantitative estimate of drug-likeness (QED) is 0.201. The SMILES string of the molecule is C/C(=C/C(=O)c1ccco1)NC(Cc1ccc(OCCc2nc(-c3ccccc3)oc2C)cc1)C(=O)O. The normalized spacial score (nSPS) is 12.2. The van der Waals surface area contributed by atoms with Gasteiger partial charge in [0.25, 0.3) is 0 Å². The predicted octanol–water partition coefficient (Wildman–Crippen LogP) is 5.24. The Morgan fingerprint density at radius 2 is 1.84 bits per heavy atom. The third-order valence-electron chi connectivity index (χ3n) is 5.70. The van der Waals surface area contributed by atoms with Gasteiger partial charge in [0, 0.05) is 30.2 Å². The summed E-state index contributed by atoms with van der Waals surface area (Å²) >= 11 is 0. The average molecular weight is 501 g/mol. The molecule has 2 N–H and O–H groups in total. The molecule has 1 unspecified atom stereocenters. The van der Waals surface area contributed by atoms with E-state index in [1.807, 2.05) is 61.5 Å². The molecule has 0 fully saturated rings. The summed E-state index contributed by atoms with van der Waals surface area (Å²) in [5, 5.41) is 12.5. The van der Waals surface area contributed by atoms with Gasteiger partial charge in [-0.2, -0.15) is 0 Å². The number of aromatic nitrogens is 1. The van der Waals surface area contributed by atoms with Crippen LogP contribution in [0.25, 0.3) is 11.5 Å². The van der Waals surface area contributed by atoms with Crippen LogP contribution < -0.4 is 10.1 Å². The fourth-order valence-corrected chi connectivity index (χ4v) is 3.79. The van der Waals surface area contributed by atoms with Crippen molar-refractivity contribution >= 4 is 11.8 Å². The number of carbonyl (C=O) groups excluding carboxylic acids is 1. The highest BCUT2D eigenvalue weighted by Crippen LogP contribution is 2.22. The van der Waals surface area contributed by atoms with Gasteiger partial charge in [-0.1, -0.05) is 30.3 Å². The number of ketones is 1. The molecule has 0 bridgehead atoms. The van der Waals surface area contributed by atoms with Crippen LogP contribution in [-0.4, -0.2) is 34.5 Å². The average Bonchev–Trinajstić information content (AvgIpc) is 3.56. The van der Waals surface area contributed by atoms with E-state index in [1.54, 1.807) is 19.1 Å². The molecule has 8 heteroatoms. The second kappa shape index (κ2) is 11.9. The van der Waals surface area contributed by atoms with E-state index in [0.29, 0.717) is 30.4 Å². The zero-order valence-corrected chi connectivity index (χ0v) is 20.6. The van der Waals surface area contributed by atoms with Crippen LogP contribution >= 0.6 is 0 Å². The highest BCUT2D eigenvalue weighted by molar-refractivity contribution is 6.02. The van der Waals surface area contributed by atoms with E-state index >= 15 is 0 Å². The van der Waals surface area contributed by atoms with Crippen molar-refractivity contribution in [1.82, 2.24) is 10.3 Å². The lowest BCUT2D eigenvalue weighted by atomic mass is 10.1. The number of carbonyl (C=O) groups is 2. The third-order valence-corrected chi connectivity index (χ3v) is 5.70. The summed E-state index contributed by atoms with van der Waals surface area (Å²) in [6.45, 7) is 3.96. The van der Waals surface area contributed by atoms with Gasteiger partial charge in [0.1, 0.15) is 17.6 Å². The Labute approximate surface area is 214 Å². The molecule has 0 spiro atoms. The standard InChI is InChI=1S/C29H28N2O6/c1-19(17-26(32)27-9-6-15-36-27)30-25(29(33)34)18-21-10-12-23(13-11-21)35-16-14-24-20(2)37-28(31-24)22-7-4-3-5-8-22/h3-13,15,17,25,30H,14,16,18H2,1-2H3,(H,33,34)/b19-17-. The Morgan fingerprint density at radius 3 is 2.51 bits per heavy atom. The lowest BCUT2D eigenvalue weighted by molar-refractivity contribution is -0.139. The summed E-state index contributed by atoms with van der Waals surface area (Å²) in [5.74, 6) is 0.871. The van der Waals surface area contributed by atoms with Crippen LogP contribution in [0.1, 0.15) is 34.5 Å². The highest BCUT2D eigenvalue weighted by Gasteiger charge is 2.19. The van der Waals surface area contributed by atoms with Crippen LogP contribution in [0.15, 0.2) is 93.6 Å². The minimum absolute atomic E-state index is 0.193. The Hall–Kier alpha value is -4.59. The molecule has 8 nitrogen and oxygen atoms in total. The molecule has 2 heterocycles. The summed E-state index contributed by atoms with van der Waals surface area (Å²) < 4.78 is 16.7. The Kier molecular flexibility index (Phi) is 8.20. The Balaban J connectivity index is 1.30. The van der Waals surface area contributed by atoms with Gasteiger partial charge in [-0.3, -0.25) is 4.79 Å². The van der Waals surface area contributed by atoms with E-state index in [9.17, 15) is 14.7 Å². The van der Waals surface area contributed by atoms with Gasteiger partial charge in [0.05, 0.1) is 18.6 Å². The molecule has 0 saturated heterocycles. The zero-order chi connectivity index (χ0) is 26.2. The number of hydrogen-bond acceptors (Lipinski definition) is 7. The van der Waals surface area contributed by atoms with Crippen molar-refractivity contribution in [3.8, 4) is 17.2 Å². The first-order chi connectivity index (χ1) is 17.9. The number of aliphatic carboxylic acids is 1. The fourth-order valence-electron chi connectivity index (χ4n) is 3.79. The molecular weight excluding hydrogens is 472 g/mol. The molecule has 0 amide bonds. The summed E-state index contributed by atoms with van der Waals surface area (Å²) in [7, 11) is 0. The van der Waals surface area contributed by atoms with E-state index in [2.05, 4.69) is 10.3 Å². The molecule has 1 atom stereocenters. The molecule has 4 rings (SSSR count). The van der Waals surface area contributed by atoms with Gasteiger partial charge in [-0.05, 0) is 55.8 Å². The minimum Gasteiger partial charge on any atom is -0.493 e. The number of nitrogens with one attached hydrogen (secondary N) is 1. The minimum atomic E-state index is -1.02. The second-order valence-corrected chi connectivity index (χ2v) is 8.54. The summed E-state index contributed by atoms with van der Waals surface area (Å²) in [6, 6.07) is 19.3. The Morgan fingerprint density at radius 1 is 1.08 bits per heavy atom. The van der Waals surface area contributed by atoms with Crippen molar-refractivity contribution in [3.05, 3.63) is 108 Å². The topological polar surface area (TPSA) is 115 Å². The monoisotopic (exact) mass is 500 g/mol. The molecule has 2 aromatic carbocycles. The molecule has 37 heavy (non-hydrogen) atoms. The number of hydrogen-bond donors (Lipinski definition) is 2. The van der Waals surface area contributed by atoms with E-state index in [-0.39, 0.29) is 18.0 Å². The van der Waals surface area contributed by atoms with Crippen LogP contribution in [0.3, 0.4) is 0 Å². The maximum absolute atomic E-state index is 12.1. The van der Waals surface area contributed by atoms with Gasteiger partial charge >= 0.3 is 5.97 Å². The van der Waals surface area contributed by atoms with E-state index in [1.165, 1.54) is 12.3 Å². The first-order valence-electron chi connectivity index (χ1n) is 11.9. The number of benzene rings is 2. The van der Waals surface area contributed by atoms with E-state index in [0.717, 1.165) is 22.6 Å². The van der Waals surface area contributed by atoms with Gasteiger partial charge in [0.2, 0.25) is 11.7 Å². The van der Waals surface area contributed by atoms with Crippen LogP contribution in [0.5, 0.6) is 5.75 Å². The van der Waals surface area contributed by atoms with Crippen LogP contribution in [0.2, 0.25) is 0 Å². The van der Waals surface area contributed by atoms with E-state index in [4.69, 9.17) is 13.6 Å². The van der Waals surface area contributed by atoms with Crippen molar-refractivity contribution in [3.63, 3.8) is 0 Å². The summed E-state index contributed by atoms with van der Waals surface area (Å²) in [4.78, 5) is 28.5. The maximum atomic E-state index is 12.1. The molecule has 2 aromatic heterocycles. The molecule has 0 aliphatic rings. The van der Waals surface area contributed by atoms with Gasteiger partial charge in [-0.15, -0.1) is 0 Å². The number of rotatable bonds is 12. The third kappa shape index (κ3) is 6.98. The number of ether oxygens (including phenoxy) is 1. The van der Waals surface area contributed by atoms with Gasteiger partial charge < -0.3 is 24.0 Å². The number of furan rings is 1. The van der Waals surface area contributed by atoms with Crippen molar-refractivity contribution in [1.29, 1.82) is 0 Å². The van der Waals surface area contributed by atoms with Gasteiger partial charge in [0.15, 0.2) is 5.76 Å². The number of aryl methyl sites for hydroxylation is 1. The van der Waals surface area contributed by atoms with E-state index < -0.39 is 12.0 Å². The first-order valence-corrected chi connectivity index (χ1v) is 11.9. The number of allylic oxidation sites excluding steroid dienone is 2. The van der Waals surface area contributed by atoms with Crippen LogP contribution in [-0.2, 0) is 17.6 Å². The van der Waals surface area contributed by atoms with Crippen molar-refractivity contribution in [2.75, 3.05) is 6.61 Å². The summed E-state index contributed by atoms with van der Waals surface area (Å²) in [5.41, 5.74) is 3.03. The molecule has 190 valence electrons. The molecule has 4 aromatic rings. The lowest BCUT2D eigenvalue weighted by Gasteiger charge is -2.16. The van der Waals surface area contributed by atoms with Crippen LogP contribution in [0, 0.1) is 6.92 Å². The lowest BCUT2D eigenvalue weighted by Crippen LogP contribution is -2.37. The molecule has 0 aliphatic heterocycles. The highest BCUT2D eigenvalue weighted by atomic mass is 16.5. The first kappa shape index (κ1) is 25.5. The second-order valence-electron chi connectivity index (χ2n) is 8.54. The van der Waals surface area contributed by atoms with Crippen molar-refractivity contribution in [2.45, 2.75) is 32.7 Å². The van der Waals surface area contributed by atoms with Crippen molar-refractivity contribution in [2.24, 2.45) is 0 Å². The number of nitrogens with zero attached hydrogens (tertiary/aromatic N) is 1. The molecule has 0 radical (unpaired) electrons. The number of carboxylic acids is 1. The molecule has 0 saturated carbocycles. The fraction of sp³-hybridized carbons (Fsp3) is 0.207. The van der Waals surface area contributed by atoms with Crippen LogP contribution in [0.4, 0.5) is 0 Å². The maximum Gasteiger partial charge on any atom is 0.326 e. The number of oxazole rings is 1. The Bertz CT molecular complexity index is 1360. The summed E-state index contributed by atoms with van der Waals surface area (Å²) in [6.07, 6.45) is 3.56. The zero-order valence-electron chi connectivity index (χ0n) is 20.6. The predicted molar refractivity (Wildman–Crippen MR) is 137 cm³/mol. The molecular formula is C29H28N2O6. The number of carboxylic acid groups (broad SMARTS) is 1. The van der Waals surface area contributed by atoms with Gasteiger partial charge in [-0.25, -0.2) is 9.78 Å². The largest absolute Gasteiger partial charge is 0.493 e. The van der Waals surface area contributed by atoms with Crippen molar-refractivity contribution < 1.29 is 28.3 Å².